The quantitative estimate of drug-likeness (QED) is 0.817. The van der Waals surface area contributed by atoms with Gasteiger partial charge in [0.15, 0.2) is 0 Å². The van der Waals surface area contributed by atoms with Crippen molar-refractivity contribution in [1.29, 1.82) is 0 Å². The van der Waals surface area contributed by atoms with E-state index in [9.17, 15) is 8.42 Å². The topological polar surface area (TPSA) is 63.4 Å². The molecule has 0 fully saturated rings. The Morgan fingerprint density at radius 2 is 1.84 bits per heavy atom. The number of rotatable bonds is 6. The fraction of sp³-hybridized carbons (Fsp3) is 0.571. The van der Waals surface area contributed by atoms with Crippen molar-refractivity contribution in [3.05, 3.63) is 23.3 Å². The predicted octanol–water partition coefficient (Wildman–Crippen LogP) is 2.70. The first-order chi connectivity index (χ1) is 8.84. The summed E-state index contributed by atoms with van der Waals surface area (Å²) >= 11 is 0. The van der Waals surface area contributed by atoms with Gasteiger partial charge in [0.2, 0.25) is 10.0 Å². The summed E-state index contributed by atoms with van der Waals surface area (Å²) in [5.74, 6) is 0. The first-order valence-corrected chi connectivity index (χ1v) is 8.15. The summed E-state index contributed by atoms with van der Waals surface area (Å²) in [6, 6.07) is 3.36. The van der Waals surface area contributed by atoms with Gasteiger partial charge in [-0.25, -0.2) is 8.42 Å². The van der Waals surface area contributed by atoms with E-state index < -0.39 is 10.0 Å². The largest absolute Gasteiger partial charge is 0.399 e. The standard InChI is InChI=1S/C14H24N2O2S/c1-5-7-8-16(6-2)19(17,18)14-10-13(15)9-11(3)12(14)4/h9-10H,5-8,15H2,1-4H3. The second-order valence-corrected chi connectivity index (χ2v) is 6.72. The van der Waals surface area contributed by atoms with Gasteiger partial charge in [0.25, 0.3) is 0 Å². The number of nitrogens with zero attached hydrogens (tertiary/aromatic N) is 1. The van der Waals surface area contributed by atoms with Crippen molar-refractivity contribution in [2.75, 3.05) is 18.8 Å². The van der Waals surface area contributed by atoms with Crippen LogP contribution in [0.1, 0.15) is 37.8 Å². The van der Waals surface area contributed by atoms with Gasteiger partial charge >= 0.3 is 0 Å². The maximum Gasteiger partial charge on any atom is 0.243 e. The van der Waals surface area contributed by atoms with Gasteiger partial charge in [-0.15, -0.1) is 0 Å². The Kier molecular flexibility index (Phi) is 5.38. The average molecular weight is 284 g/mol. The highest BCUT2D eigenvalue weighted by atomic mass is 32.2. The molecule has 0 heterocycles. The fourth-order valence-electron chi connectivity index (χ4n) is 2.04. The van der Waals surface area contributed by atoms with Gasteiger partial charge in [-0.2, -0.15) is 4.31 Å². The molecule has 0 aromatic heterocycles. The Labute approximate surface area is 116 Å². The number of sulfonamides is 1. The highest BCUT2D eigenvalue weighted by molar-refractivity contribution is 7.89. The number of benzene rings is 1. The van der Waals surface area contributed by atoms with E-state index in [0.29, 0.717) is 23.7 Å². The van der Waals surface area contributed by atoms with E-state index in [0.717, 1.165) is 24.0 Å². The molecule has 0 spiro atoms. The summed E-state index contributed by atoms with van der Waals surface area (Å²) in [7, 11) is -3.45. The lowest BCUT2D eigenvalue weighted by Crippen LogP contribution is -2.32. The molecule has 0 aliphatic rings. The summed E-state index contributed by atoms with van der Waals surface area (Å²) < 4.78 is 26.9. The zero-order valence-corrected chi connectivity index (χ0v) is 13.0. The van der Waals surface area contributed by atoms with Crippen molar-refractivity contribution in [2.24, 2.45) is 0 Å². The van der Waals surface area contributed by atoms with Crippen LogP contribution in [0.2, 0.25) is 0 Å². The van der Waals surface area contributed by atoms with Gasteiger partial charge in [-0.3, -0.25) is 0 Å². The molecule has 1 rings (SSSR count). The average Bonchev–Trinajstić information content (AvgIpc) is 2.34. The van der Waals surface area contributed by atoms with Crippen LogP contribution in [-0.2, 0) is 10.0 Å². The third kappa shape index (κ3) is 3.48. The van der Waals surface area contributed by atoms with E-state index in [4.69, 9.17) is 5.73 Å². The van der Waals surface area contributed by atoms with Gasteiger partial charge in [0.05, 0.1) is 4.90 Å². The first-order valence-electron chi connectivity index (χ1n) is 6.71. The van der Waals surface area contributed by atoms with E-state index in [2.05, 4.69) is 6.92 Å². The van der Waals surface area contributed by atoms with Crippen LogP contribution in [0.5, 0.6) is 0 Å². The number of nitrogen functional groups attached to an aromatic ring is 1. The maximum atomic E-state index is 12.7. The summed E-state index contributed by atoms with van der Waals surface area (Å²) in [6.07, 6.45) is 1.84. The fourth-order valence-corrected chi connectivity index (χ4v) is 3.86. The molecule has 1 aromatic carbocycles. The molecule has 0 aliphatic heterocycles. The lowest BCUT2D eigenvalue weighted by Gasteiger charge is -2.22. The minimum Gasteiger partial charge on any atom is -0.399 e. The highest BCUT2D eigenvalue weighted by Gasteiger charge is 2.25. The molecule has 0 amide bonds. The molecule has 0 aliphatic carbocycles. The third-order valence-electron chi connectivity index (χ3n) is 3.37. The monoisotopic (exact) mass is 284 g/mol. The Morgan fingerprint density at radius 3 is 2.37 bits per heavy atom. The zero-order valence-electron chi connectivity index (χ0n) is 12.2. The molecule has 0 bridgehead atoms. The molecule has 108 valence electrons. The van der Waals surface area contributed by atoms with Gasteiger partial charge in [-0.1, -0.05) is 20.3 Å². The summed E-state index contributed by atoms with van der Waals surface area (Å²) in [6.45, 7) is 8.67. The Morgan fingerprint density at radius 1 is 1.21 bits per heavy atom. The van der Waals surface area contributed by atoms with Crippen molar-refractivity contribution in [3.63, 3.8) is 0 Å². The van der Waals surface area contributed by atoms with Gasteiger partial charge in [0, 0.05) is 18.8 Å². The lowest BCUT2D eigenvalue weighted by molar-refractivity contribution is 0.418. The third-order valence-corrected chi connectivity index (χ3v) is 5.47. The van der Waals surface area contributed by atoms with E-state index in [1.165, 1.54) is 4.31 Å². The minimum absolute atomic E-state index is 0.336. The van der Waals surface area contributed by atoms with Crippen LogP contribution in [0.15, 0.2) is 17.0 Å². The lowest BCUT2D eigenvalue weighted by atomic mass is 10.1. The second kappa shape index (κ2) is 6.39. The number of hydrogen-bond acceptors (Lipinski definition) is 3. The van der Waals surface area contributed by atoms with Gasteiger partial charge in [0.1, 0.15) is 0 Å². The number of aryl methyl sites for hydroxylation is 1. The summed E-state index contributed by atoms with van der Waals surface area (Å²) in [4.78, 5) is 0.336. The summed E-state index contributed by atoms with van der Waals surface area (Å²) in [5.41, 5.74) is 7.97. The molecule has 0 saturated carbocycles. The van der Waals surface area contributed by atoms with Crippen LogP contribution >= 0.6 is 0 Å². The van der Waals surface area contributed by atoms with Crippen LogP contribution in [0.3, 0.4) is 0 Å². The number of anilines is 1. The van der Waals surface area contributed by atoms with Gasteiger partial charge < -0.3 is 5.73 Å². The second-order valence-electron chi connectivity index (χ2n) is 4.81. The Bertz CT molecular complexity index is 539. The molecule has 0 radical (unpaired) electrons. The molecular weight excluding hydrogens is 260 g/mol. The molecule has 4 nitrogen and oxygen atoms in total. The van der Waals surface area contributed by atoms with Crippen LogP contribution in [-0.4, -0.2) is 25.8 Å². The van der Waals surface area contributed by atoms with Crippen molar-refractivity contribution >= 4 is 15.7 Å². The first kappa shape index (κ1) is 16.0. The van der Waals surface area contributed by atoms with E-state index in [-0.39, 0.29) is 0 Å². The van der Waals surface area contributed by atoms with Crippen molar-refractivity contribution in [3.8, 4) is 0 Å². The number of unbranched alkanes of at least 4 members (excludes halogenated alkanes) is 1. The van der Waals surface area contributed by atoms with E-state index in [1.807, 2.05) is 20.8 Å². The molecule has 0 atom stereocenters. The highest BCUT2D eigenvalue weighted by Crippen LogP contribution is 2.25. The van der Waals surface area contributed by atoms with Crippen molar-refractivity contribution < 1.29 is 8.42 Å². The minimum atomic E-state index is -3.45. The van der Waals surface area contributed by atoms with Gasteiger partial charge in [-0.05, 0) is 43.5 Å². The molecule has 0 saturated heterocycles. The van der Waals surface area contributed by atoms with Crippen LogP contribution in [0.4, 0.5) is 5.69 Å². The number of nitrogens with two attached hydrogens (primary N) is 1. The van der Waals surface area contributed by atoms with Crippen LogP contribution in [0.25, 0.3) is 0 Å². The molecule has 0 unspecified atom stereocenters. The Hall–Kier alpha value is -1.07. The SMILES string of the molecule is CCCCN(CC)S(=O)(=O)c1cc(N)cc(C)c1C. The molecular formula is C14H24N2O2S. The zero-order chi connectivity index (χ0) is 14.6. The van der Waals surface area contributed by atoms with Crippen molar-refractivity contribution in [1.82, 2.24) is 4.31 Å². The summed E-state index contributed by atoms with van der Waals surface area (Å²) in [5, 5.41) is 0. The normalized spacial score (nSPS) is 12.1. The maximum absolute atomic E-state index is 12.7. The smallest absolute Gasteiger partial charge is 0.243 e. The van der Waals surface area contributed by atoms with Crippen LogP contribution in [0, 0.1) is 13.8 Å². The molecule has 1 aromatic rings. The van der Waals surface area contributed by atoms with Crippen LogP contribution < -0.4 is 5.73 Å². The number of hydrogen-bond donors (Lipinski definition) is 1. The molecule has 2 N–H and O–H groups in total. The van der Waals surface area contributed by atoms with E-state index >= 15 is 0 Å². The Balaban J connectivity index is 3.25. The van der Waals surface area contributed by atoms with E-state index in [1.54, 1.807) is 12.1 Å². The molecule has 19 heavy (non-hydrogen) atoms. The van der Waals surface area contributed by atoms with Crippen molar-refractivity contribution in [2.45, 2.75) is 45.4 Å². The molecule has 5 heteroatoms. The predicted molar refractivity (Wildman–Crippen MR) is 79.7 cm³/mol.